The second kappa shape index (κ2) is 8.17. The number of sulfonamides is 2. The molecule has 1 heterocycles. The number of halogens is 3. The minimum Gasteiger partial charge on any atom is -0.379 e. The Labute approximate surface area is 172 Å². The molecule has 0 amide bonds. The van der Waals surface area contributed by atoms with E-state index < -0.39 is 36.7 Å². The van der Waals surface area contributed by atoms with Gasteiger partial charge in [0.15, 0.2) is 0 Å². The first kappa shape index (κ1) is 22.5. The molecule has 12 heteroatoms. The lowest BCUT2D eigenvalue weighted by Gasteiger charge is -2.27. The minimum absolute atomic E-state index is 0.0788. The zero-order chi connectivity index (χ0) is 22.2. The van der Waals surface area contributed by atoms with Gasteiger partial charge in [-0.3, -0.25) is 4.72 Å². The average molecular weight is 464 g/mol. The van der Waals surface area contributed by atoms with Crippen molar-refractivity contribution in [3.63, 3.8) is 0 Å². The van der Waals surface area contributed by atoms with E-state index in [0.717, 1.165) is 24.3 Å². The van der Waals surface area contributed by atoms with Crippen LogP contribution in [0.5, 0.6) is 0 Å². The maximum absolute atomic E-state index is 12.9. The van der Waals surface area contributed by atoms with Crippen molar-refractivity contribution in [2.24, 2.45) is 0 Å². The van der Waals surface area contributed by atoms with Crippen molar-refractivity contribution in [2.75, 3.05) is 31.0 Å². The van der Waals surface area contributed by atoms with Crippen LogP contribution >= 0.6 is 0 Å². The van der Waals surface area contributed by atoms with E-state index in [9.17, 15) is 30.0 Å². The Bertz CT molecular complexity index is 1140. The number of nitrogens with zero attached hydrogens (tertiary/aromatic N) is 1. The number of hydrogen-bond donors (Lipinski definition) is 1. The molecular weight excluding hydrogens is 445 g/mol. The summed E-state index contributed by atoms with van der Waals surface area (Å²) in [6.07, 6.45) is -4.70. The summed E-state index contributed by atoms with van der Waals surface area (Å²) < 4.78 is 98.2. The van der Waals surface area contributed by atoms with Gasteiger partial charge in [-0.15, -0.1) is 0 Å². The first-order chi connectivity index (χ1) is 13.9. The number of benzene rings is 2. The highest BCUT2D eigenvalue weighted by Gasteiger charge is 2.32. The molecule has 0 radical (unpaired) electrons. The molecule has 2 aromatic rings. The van der Waals surface area contributed by atoms with E-state index in [1.807, 2.05) is 0 Å². The molecule has 0 saturated carbocycles. The van der Waals surface area contributed by atoms with E-state index in [4.69, 9.17) is 4.74 Å². The van der Waals surface area contributed by atoms with Gasteiger partial charge in [0, 0.05) is 13.1 Å². The van der Waals surface area contributed by atoms with Gasteiger partial charge in [0.2, 0.25) is 10.0 Å². The fraction of sp³-hybridized carbons (Fsp3) is 0.333. The van der Waals surface area contributed by atoms with Crippen LogP contribution in [0.25, 0.3) is 0 Å². The molecule has 1 N–H and O–H groups in total. The summed E-state index contributed by atoms with van der Waals surface area (Å²) in [5.74, 6) is 0. The number of ether oxygens (including phenoxy) is 1. The van der Waals surface area contributed by atoms with Crippen LogP contribution in [-0.2, 0) is 31.0 Å². The van der Waals surface area contributed by atoms with Crippen LogP contribution in [-0.4, -0.2) is 47.4 Å². The SMILES string of the molecule is Cc1ccc(NS(=O)(=O)c2cccc(C(F)(F)F)c2)cc1S(=O)(=O)N1CCOCC1. The van der Waals surface area contributed by atoms with Gasteiger partial charge in [0.25, 0.3) is 10.0 Å². The van der Waals surface area contributed by atoms with Crippen molar-refractivity contribution in [3.8, 4) is 0 Å². The van der Waals surface area contributed by atoms with Crippen LogP contribution in [0.15, 0.2) is 52.3 Å². The van der Waals surface area contributed by atoms with Gasteiger partial charge in [-0.2, -0.15) is 17.5 Å². The molecule has 2 aromatic carbocycles. The lowest BCUT2D eigenvalue weighted by Crippen LogP contribution is -2.40. The predicted octanol–water partition coefficient (Wildman–Crippen LogP) is 2.84. The van der Waals surface area contributed by atoms with E-state index in [-0.39, 0.29) is 36.9 Å². The Balaban J connectivity index is 1.93. The van der Waals surface area contributed by atoms with E-state index in [1.165, 1.54) is 16.4 Å². The van der Waals surface area contributed by atoms with Crippen molar-refractivity contribution in [1.29, 1.82) is 0 Å². The van der Waals surface area contributed by atoms with E-state index in [2.05, 4.69) is 4.72 Å². The number of rotatable bonds is 5. The first-order valence-corrected chi connectivity index (χ1v) is 11.7. The first-order valence-electron chi connectivity index (χ1n) is 8.80. The van der Waals surface area contributed by atoms with Gasteiger partial charge in [0.1, 0.15) is 0 Å². The third kappa shape index (κ3) is 4.77. The summed E-state index contributed by atoms with van der Waals surface area (Å²) in [7, 11) is -8.27. The summed E-state index contributed by atoms with van der Waals surface area (Å²) in [5.41, 5.74) is -0.779. The summed E-state index contributed by atoms with van der Waals surface area (Å²) in [5, 5.41) is 0. The number of morpholine rings is 1. The third-order valence-corrected chi connectivity index (χ3v) is 7.92. The number of anilines is 1. The second-order valence-electron chi connectivity index (χ2n) is 6.63. The monoisotopic (exact) mass is 464 g/mol. The highest BCUT2D eigenvalue weighted by Crippen LogP contribution is 2.31. The van der Waals surface area contributed by atoms with E-state index >= 15 is 0 Å². The summed E-state index contributed by atoms with van der Waals surface area (Å²) in [4.78, 5) is -0.677. The molecule has 3 rings (SSSR count). The van der Waals surface area contributed by atoms with Gasteiger partial charge in [-0.25, -0.2) is 16.8 Å². The topological polar surface area (TPSA) is 92.8 Å². The molecule has 164 valence electrons. The molecule has 1 saturated heterocycles. The lowest BCUT2D eigenvalue weighted by molar-refractivity contribution is -0.137. The summed E-state index contributed by atoms with van der Waals surface area (Å²) in [6.45, 7) is 2.41. The zero-order valence-electron chi connectivity index (χ0n) is 15.8. The second-order valence-corrected chi connectivity index (χ2v) is 10.2. The standard InChI is InChI=1S/C18H19F3N2O5S2/c1-13-5-6-15(12-17(13)30(26,27)23-7-9-28-10-8-23)22-29(24,25)16-4-2-3-14(11-16)18(19,20)21/h2-6,11-12,22H,7-10H2,1H3. The maximum Gasteiger partial charge on any atom is 0.416 e. The Kier molecular flexibility index (Phi) is 6.14. The largest absolute Gasteiger partial charge is 0.416 e. The normalized spacial score (nSPS) is 16.4. The van der Waals surface area contributed by atoms with Crippen LogP contribution in [0.4, 0.5) is 18.9 Å². The smallest absolute Gasteiger partial charge is 0.379 e. The van der Waals surface area contributed by atoms with Gasteiger partial charge in [-0.1, -0.05) is 12.1 Å². The number of alkyl halides is 3. The molecule has 0 aliphatic carbocycles. The van der Waals surface area contributed by atoms with Gasteiger partial charge < -0.3 is 4.74 Å². The molecule has 7 nitrogen and oxygen atoms in total. The van der Waals surface area contributed by atoms with Crippen molar-refractivity contribution >= 4 is 25.7 Å². The average Bonchev–Trinajstić information content (AvgIpc) is 2.69. The fourth-order valence-corrected chi connectivity index (χ4v) is 5.67. The van der Waals surface area contributed by atoms with Crippen LogP contribution in [0.3, 0.4) is 0 Å². The summed E-state index contributed by atoms with van der Waals surface area (Å²) >= 11 is 0. The van der Waals surface area contributed by atoms with Crippen LogP contribution in [0.1, 0.15) is 11.1 Å². The van der Waals surface area contributed by atoms with Gasteiger partial charge >= 0.3 is 6.18 Å². The fourth-order valence-electron chi connectivity index (χ4n) is 2.92. The maximum atomic E-state index is 12.9. The van der Waals surface area contributed by atoms with Crippen molar-refractivity contribution in [3.05, 3.63) is 53.6 Å². The van der Waals surface area contributed by atoms with E-state index in [1.54, 1.807) is 6.92 Å². The highest BCUT2D eigenvalue weighted by molar-refractivity contribution is 7.92. The molecule has 0 aromatic heterocycles. The predicted molar refractivity (Wildman–Crippen MR) is 103 cm³/mol. The number of hydrogen-bond acceptors (Lipinski definition) is 5. The lowest BCUT2D eigenvalue weighted by atomic mass is 10.2. The van der Waals surface area contributed by atoms with Crippen LogP contribution in [0, 0.1) is 6.92 Å². The molecule has 0 unspecified atom stereocenters. The Morgan fingerprint density at radius 2 is 1.67 bits per heavy atom. The molecule has 1 aliphatic rings. The third-order valence-electron chi connectivity index (χ3n) is 4.50. The quantitative estimate of drug-likeness (QED) is 0.735. The molecule has 0 spiro atoms. The molecule has 0 atom stereocenters. The van der Waals surface area contributed by atoms with Crippen LogP contribution < -0.4 is 4.72 Å². The van der Waals surface area contributed by atoms with Crippen LogP contribution in [0.2, 0.25) is 0 Å². The molecule has 1 aliphatic heterocycles. The van der Waals surface area contributed by atoms with E-state index in [0.29, 0.717) is 11.6 Å². The number of nitrogens with one attached hydrogen (secondary N) is 1. The minimum atomic E-state index is -4.70. The zero-order valence-corrected chi connectivity index (χ0v) is 17.4. The Morgan fingerprint density at radius 1 is 1.00 bits per heavy atom. The van der Waals surface area contributed by atoms with Gasteiger partial charge in [-0.05, 0) is 42.8 Å². The van der Waals surface area contributed by atoms with Gasteiger partial charge in [0.05, 0.1) is 34.3 Å². The molecule has 0 bridgehead atoms. The molecule has 30 heavy (non-hydrogen) atoms. The molecule has 1 fully saturated rings. The molecular formula is C18H19F3N2O5S2. The highest BCUT2D eigenvalue weighted by atomic mass is 32.2. The Morgan fingerprint density at radius 3 is 2.30 bits per heavy atom. The van der Waals surface area contributed by atoms with Crippen molar-refractivity contribution < 1.29 is 34.7 Å². The summed E-state index contributed by atoms with van der Waals surface area (Å²) in [6, 6.07) is 7.22. The number of aryl methyl sites for hydroxylation is 1. The van der Waals surface area contributed by atoms with Crippen molar-refractivity contribution in [1.82, 2.24) is 4.31 Å². The Hall–Kier alpha value is -2.15. The van der Waals surface area contributed by atoms with Crippen molar-refractivity contribution in [2.45, 2.75) is 22.9 Å².